The lowest BCUT2D eigenvalue weighted by molar-refractivity contribution is 0.187. The van der Waals surface area contributed by atoms with E-state index >= 15 is 0 Å². The second kappa shape index (κ2) is 7.18. The SMILES string of the molecule is C=C(C)CNC(N)=NC[C@@H](O)c1cccc(Br)c1. The Bertz CT molecular complexity index is 446. The predicted molar refractivity (Wildman–Crippen MR) is 78.4 cm³/mol. The summed E-state index contributed by atoms with van der Waals surface area (Å²) in [5, 5.41) is 12.9. The third-order valence-electron chi connectivity index (χ3n) is 2.24. The summed E-state index contributed by atoms with van der Waals surface area (Å²) in [4.78, 5) is 4.08. The molecule has 1 aromatic carbocycles. The molecule has 0 aliphatic heterocycles. The van der Waals surface area contributed by atoms with Crippen LogP contribution < -0.4 is 11.1 Å². The fourth-order valence-corrected chi connectivity index (χ4v) is 1.72. The summed E-state index contributed by atoms with van der Waals surface area (Å²) in [5.74, 6) is 0.312. The van der Waals surface area contributed by atoms with E-state index in [0.717, 1.165) is 15.6 Å². The third-order valence-corrected chi connectivity index (χ3v) is 2.73. The standard InChI is InChI=1S/C13H18BrN3O/c1-9(2)7-16-13(15)17-8-12(18)10-4-3-5-11(14)6-10/h3-6,12,18H,1,7-8H2,2H3,(H3,15,16,17)/t12-/m1/s1. The molecule has 0 bridgehead atoms. The largest absolute Gasteiger partial charge is 0.386 e. The van der Waals surface area contributed by atoms with Crippen molar-refractivity contribution in [2.45, 2.75) is 13.0 Å². The van der Waals surface area contributed by atoms with Crippen LogP contribution in [0.4, 0.5) is 0 Å². The molecule has 0 saturated heterocycles. The molecule has 0 radical (unpaired) electrons. The van der Waals surface area contributed by atoms with E-state index in [2.05, 4.69) is 32.8 Å². The monoisotopic (exact) mass is 311 g/mol. The quantitative estimate of drug-likeness (QED) is 0.442. The van der Waals surface area contributed by atoms with Crippen LogP contribution in [0.15, 0.2) is 45.9 Å². The third kappa shape index (κ3) is 5.33. The minimum absolute atomic E-state index is 0.228. The molecule has 98 valence electrons. The fraction of sp³-hybridized carbons (Fsp3) is 0.308. The van der Waals surface area contributed by atoms with Gasteiger partial charge >= 0.3 is 0 Å². The van der Waals surface area contributed by atoms with E-state index < -0.39 is 6.10 Å². The van der Waals surface area contributed by atoms with Gasteiger partial charge in [0.1, 0.15) is 0 Å². The van der Waals surface area contributed by atoms with Crippen molar-refractivity contribution in [3.8, 4) is 0 Å². The van der Waals surface area contributed by atoms with Crippen LogP contribution in [0.3, 0.4) is 0 Å². The van der Waals surface area contributed by atoms with E-state index in [1.165, 1.54) is 0 Å². The Morgan fingerprint density at radius 1 is 1.61 bits per heavy atom. The molecule has 0 amide bonds. The zero-order valence-corrected chi connectivity index (χ0v) is 11.9. The summed E-state index contributed by atoms with van der Waals surface area (Å²) in [7, 11) is 0. The summed E-state index contributed by atoms with van der Waals surface area (Å²) in [6, 6.07) is 7.48. The molecule has 1 rings (SSSR count). The Kier molecular flexibility index (Phi) is 5.88. The van der Waals surface area contributed by atoms with Crippen molar-refractivity contribution in [1.29, 1.82) is 0 Å². The van der Waals surface area contributed by atoms with Crippen LogP contribution in [-0.2, 0) is 0 Å². The van der Waals surface area contributed by atoms with Gasteiger partial charge in [0.2, 0.25) is 0 Å². The van der Waals surface area contributed by atoms with E-state index in [1.807, 2.05) is 31.2 Å². The highest BCUT2D eigenvalue weighted by molar-refractivity contribution is 9.10. The minimum Gasteiger partial charge on any atom is -0.386 e. The molecule has 4 nitrogen and oxygen atoms in total. The van der Waals surface area contributed by atoms with Gasteiger partial charge in [0.25, 0.3) is 0 Å². The van der Waals surface area contributed by atoms with Crippen LogP contribution in [0.25, 0.3) is 0 Å². The summed E-state index contributed by atoms with van der Waals surface area (Å²) in [6.45, 7) is 6.46. The maximum Gasteiger partial charge on any atom is 0.188 e. The van der Waals surface area contributed by atoms with Crippen LogP contribution in [-0.4, -0.2) is 24.2 Å². The first kappa shape index (κ1) is 14.7. The van der Waals surface area contributed by atoms with Crippen LogP contribution >= 0.6 is 15.9 Å². The van der Waals surface area contributed by atoms with Gasteiger partial charge in [0, 0.05) is 11.0 Å². The van der Waals surface area contributed by atoms with Crippen LogP contribution in [0.5, 0.6) is 0 Å². The molecular formula is C13H18BrN3O. The van der Waals surface area contributed by atoms with E-state index in [0.29, 0.717) is 12.5 Å². The Balaban J connectivity index is 2.52. The van der Waals surface area contributed by atoms with Crippen LogP contribution in [0, 0.1) is 0 Å². The van der Waals surface area contributed by atoms with E-state index in [1.54, 1.807) is 0 Å². The molecule has 18 heavy (non-hydrogen) atoms. The Morgan fingerprint density at radius 2 is 2.33 bits per heavy atom. The zero-order valence-electron chi connectivity index (χ0n) is 10.4. The average molecular weight is 312 g/mol. The first-order chi connectivity index (χ1) is 8.49. The zero-order chi connectivity index (χ0) is 13.5. The fourth-order valence-electron chi connectivity index (χ4n) is 1.30. The van der Waals surface area contributed by atoms with Crippen molar-refractivity contribution < 1.29 is 5.11 Å². The molecule has 4 N–H and O–H groups in total. The molecule has 0 unspecified atom stereocenters. The molecule has 0 heterocycles. The van der Waals surface area contributed by atoms with Crippen molar-refractivity contribution >= 4 is 21.9 Å². The number of nitrogens with one attached hydrogen (secondary N) is 1. The number of aliphatic hydroxyl groups excluding tert-OH is 1. The van der Waals surface area contributed by atoms with E-state index in [9.17, 15) is 5.11 Å². The lowest BCUT2D eigenvalue weighted by Gasteiger charge is -2.10. The topological polar surface area (TPSA) is 70.6 Å². The number of aliphatic imine (C=N–C) groups is 1. The van der Waals surface area contributed by atoms with Gasteiger partial charge in [0.05, 0.1) is 12.6 Å². The normalized spacial score (nSPS) is 13.2. The minimum atomic E-state index is -0.660. The molecule has 1 aromatic rings. The maximum absolute atomic E-state index is 9.94. The maximum atomic E-state index is 9.94. The first-order valence-corrected chi connectivity index (χ1v) is 6.40. The molecule has 0 fully saturated rings. The molecule has 1 atom stereocenters. The second-order valence-electron chi connectivity index (χ2n) is 4.11. The van der Waals surface area contributed by atoms with Crippen LogP contribution in [0.1, 0.15) is 18.6 Å². The summed E-state index contributed by atoms with van der Waals surface area (Å²) in [6.07, 6.45) is -0.660. The highest BCUT2D eigenvalue weighted by atomic mass is 79.9. The molecule has 5 heteroatoms. The number of guanidine groups is 1. The predicted octanol–water partition coefficient (Wildman–Crippen LogP) is 1.96. The molecule has 0 aromatic heterocycles. The Labute approximate surface area is 116 Å². The van der Waals surface area contributed by atoms with Crippen molar-refractivity contribution in [3.63, 3.8) is 0 Å². The second-order valence-corrected chi connectivity index (χ2v) is 5.02. The number of nitrogens with two attached hydrogens (primary N) is 1. The summed E-state index contributed by atoms with van der Waals surface area (Å²) in [5.41, 5.74) is 7.43. The van der Waals surface area contributed by atoms with Crippen molar-refractivity contribution in [1.82, 2.24) is 5.32 Å². The van der Waals surface area contributed by atoms with E-state index in [-0.39, 0.29) is 6.54 Å². The molecule has 0 saturated carbocycles. The number of halogens is 1. The highest BCUT2D eigenvalue weighted by Gasteiger charge is 2.06. The highest BCUT2D eigenvalue weighted by Crippen LogP contribution is 2.18. The van der Waals surface area contributed by atoms with Gasteiger partial charge < -0.3 is 16.2 Å². The molecule has 0 aliphatic rings. The number of aliphatic hydroxyl groups is 1. The lowest BCUT2D eigenvalue weighted by atomic mass is 10.1. The number of hydrogen-bond donors (Lipinski definition) is 3. The van der Waals surface area contributed by atoms with Gasteiger partial charge in [-0.15, -0.1) is 0 Å². The summed E-state index contributed by atoms with van der Waals surface area (Å²) >= 11 is 3.36. The smallest absolute Gasteiger partial charge is 0.188 e. The van der Waals surface area contributed by atoms with Gasteiger partial charge in [-0.05, 0) is 24.6 Å². The number of hydrogen-bond acceptors (Lipinski definition) is 2. The van der Waals surface area contributed by atoms with Gasteiger partial charge in [-0.3, -0.25) is 4.99 Å². The Morgan fingerprint density at radius 3 is 2.94 bits per heavy atom. The van der Waals surface area contributed by atoms with Crippen molar-refractivity contribution in [2.75, 3.05) is 13.1 Å². The first-order valence-electron chi connectivity index (χ1n) is 5.60. The molecule has 0 aliphatic carbocycles. The van der Waals surface area contributed by atoms with Crippen molar-refractivity contribution in [2.24, 2.45) is 10.7 Å². The van der Waals surface area contributed by atoms with Gasteiger partial charge in [0.15, 0.2) is 5.96 Å². The molecule has 0 spiro atoms. The van der Waals surface area contributed by atoms with Crippen LogP contribution in [0.2, 0.25) is 0 Å². The number of rotatable bonds is 5. The van der Waals surface area contributed by atoms with Gasteiger partial charge in [-0.1, -0.05) is 40.2 Å². The van der Waals surface area contributed by atoms with E-state index in [4.69, 9.17) is 5.73 Å². The van der Waals surface area contributed by atoms with Gasteiger partial charge in [-0.2, -0.15) is 0 Å². The number of nitrogens with zero attached hydrogens (tertiary/aromatic N) is 1. The average Bonchev–Trinajstić information content (AvgIpc) is 2.33. The molecular weight excluding hydrogens is 294 g/mol. The lowest BCUT2D eigenvalue weighted by Crippen LogP contribution is -2.33. The van der Waals surface area contributed by atoms with Crippen molar-refractivity contribution in [3.05, 3.63) is 46.5 Å². The summed E-state index contributed by atoms with van der Waals surface area (Å²) < 4.78 is 0.927. The van der Waals surface area contributed by atoms with Gasteiger partial charge in [-0.25, -0.2) is 0 Å². The Hall–Kier alpha value is -1.33. The number of benzene rings is 1.